The van der Waals surface area contributed by atoms with Crippen molar-refractivity contribution >= 4 is 23.4 Å². The lowest BCUT2D eigenvalue weighted by atomic mass is 9.95. The van der Waals surface area contributed by atoms with Crippen LogP contribution in [0.5, 0.6) is 11.5 Å². The highest BCUT2D eigenvalue weighted by Gasteiger charge is 2.33. The van der Waals surface area contributed by atoms with Crippen molar-refractivity contribution in [2.75, 3.05) is 13.7 Å². The zero-order chi connectivity index (χ0) is 26.5. The van der Waals surface area contributed by atoms with Gasteiger partial charge in [0.05, 0.1) is 41.7 Å². The molecule has 0 amide bonds. The maximum Gasteiger partial charge on any atom is 0.338 e. The predicted molar refractivity (Wildman–Crippen MR) is 145 cm³/mol. The van der Waals surface area contributed by atoms with Crippen molar-refractivity contribution in [2.24, 2.45) is 4.99 Å². The molecule has 37 heavy (non-hydrogen) atoms. The predicted octanol–water partition coefficient (Wildman–Crippen LogP) is 4.37. The Bertz CT molecular complexity index is 1490. The summed E-state index contributed by atoms with van der Waals surface area (Å²) in [6.45, 7) is 8.44. The van der Waals surface area contributed by atoms with Crippen molar-refractivity contribution in [2.45, 2.75) is 52.7 Å². The molecule has 7 nitrogen and oxygen atoms in total. The molecule has 0 unspecified atom stereocenters. The molecule has 1 aliphatic heterocycles. The number of thiazole rings is 1. The van der Waals surface area contributed by atoms with Crippen molar-refractivity contribution in [1.82, 2.24) is 4.57 Å². The average molecular weight is 521 g/mol. The Kier molecular flexibility index (Phi) is 8.28. The van der Waals surface area contributed by atoms with Crippen molar-refractivity contribution < 1.29 is 19.0 Å². The summed E-state index contributed by atoms with van der Waals surface area (Å²) in [5.74, 6) is 0.823. The van der Waals surface area contributed by atoms with Gasteiger partial charge in [-0.3, -0.25) is 9.36 Å². The summed E-state index contributed by atoms with van der Waals surface area (Å²) in [6.07, 6.45) is 3.30. The third-order valence-corrected chi connectivity index (χ3v) is 7.22. The van der Waals surface area contributed by atoms with E-state index in [9.17, 15) is 9.59 Å². The number of carbonyl (C=O) groups is 1. The van der Waals surface area contributed by atoms with Crippen molar-refractivity contribution in [3.05, 3.63) is 90.6 Å². The van der Waals surface area contributed by atoms with E-state index in [-0.39, 0.29) is 11.7 Å². The molecule has 0 saturated carbocycles. The van der Waals surface area contributed by atoms with E-state index in [1.54, 1.807) is 4.57 Å². The zero-order valence-corrected chi connectivity index (χ0v) is 22.6. The molecule has 0 bridgehead atoms. The Morgan fingerprint density at radius 1 is 1.14 bits per heavy atom. The Morgan fingerprint density at radius 3 is 2.54 bits per heavy atom. The maximum absolute atomic E-state index is 13.8. The van der Waals surface area contributed by atoms with E-state index in [1.165, 1.54) is 18.4 Å². The molecule has 4 rings (SSSR count). The second kappa shape index (κ2) is 11.6. The fraction of sp³-hybridized carbons (Fsp3) is 0.345. The molecule has 2 aromatic carbocycles. The van der Waals surface area contributed by atoms with Crippen LogP contribution < -0.4 is 24.4 Å². The zero-order valence-electron chi connectivity index (χ0n) is 21.8. The van der Waals surface area contributed by atoms with E-state index in [1.807, 2.05) is 75.4 Å². The van der Waals surface area contributed by atoms with E-state index in [2.05, 4.69) is 6.92 Å². The minimum absolute atomic E-state index is 0.0588. The van der Waals surface area contributed by atoms with E-state index in [4.69, 9.17) is 19.2 Å². The first-order valence-corrected chi connectivity index (χ1v) is 13.3. The lowest BCUT2D eigenvalue weighted by Crippen LogP contribution is -2.40. The van der Waals surface area contributed by atoms with Crippen LogP contribution in [0.2, 0.25) is 0 Å². The topological polar surface area (TPSA) is 79.1 Å². The van der Waals surface area contributed by atoms with E-state index < -0.39 is 12.0 Å². The van der Waals surface area contributed by atoms with Gasteiger partial charge < -0.3 is 14.2 Å². The molecule has 2 heterocycles. The fourth-order valence-corrected chi connectivity index (χ4v) is 5.27. The van der Waals surface area contributed by atoms with Crippen molar-refractivity contribution in [3.63, 3.8) is 0 Å². The number of allylic oxidation sites excluding steroid dienone is 1. The molecule has 1 aromatic heterocycles. The maximum atomic E-state index is 13.8. The van der Waals surface area contributed by atoms with Gasteiger partial charge in [-0.25, -0.2) is 9.79 Å². The summed E-state index contributed by atoms with van der Waals surface area (Å²) in [7, 11) is 1.35. The monoisotopic (exact) mass is 520 g/mol. The smallest absolute Gasteiger partial charge is 0.338 e. The van der Waals surface area contributed by atoms with Crippen LogP contribution in [0.15, 0.2) is 69.6 Å². The van der Waals surface area contributed by atoms with E-state index >= 15 is 0 Å². The molecule has 0 aliphatic carbocycles. The summed E-state index contributed by atoms with van der Waals surface area (Å²) in [5, 5.41) is 0. The summed E-state index contributed by atoms with van der Waals surface area (Å²) >= 11 is 1.30. The van der Waals surface area contributed by atoms with Crippen LogP contribution in [-0.4, -0.2) is 30.4 Å². The molecular weight excluding hydrogens is 488 g/mol. The van der Waals surface area contributed by atoms with Crippen molar-refractivity contribution in [1.29, 1.82) is 0 Å². The molecule has 0 N–H and O–H groups in total. The normalized spacial score (nSPS) is 16.1. The highest BCUT2D eigenvalue weighted by atomic mass is 32.1. The van der Waals surface area contributed by atoms with Crippen LogP contribution >= 0.6 is 11.3 Å². The van der Waals surface area contributed by atoms with Crippen molar-refractivity contribution in [3.8, 4) is 11.5 Å². The first kappa shape index (κ1) is 26.4. The first-order valence-electron chi connectivity index (χ1n) is 12.5. The molecule has 3 aromatic rings. The van der Waals surface area contributed by atoms with Gasteiger partial charge in [0.2, 0.25) is 0 Å². The SMILES string of the molecule is CCOc1cc(/C=c2\sc3n(c2=O)[C@H](c2ccccc2)C(C(=O)OC)=C(CC)N=3)ccc1O[C@@H](C)CC. The summed E-state index contributed by atoms with van der Waals surface area (Å²) in [5.41, 5.74) is 2.43. The number of methoxy groups -OCH3 is 1. The number of hydrogen-bond acceptors (Lipinski definition) is 7. The molecule has 0 radical (unpaired) electrons. The van der Waals surface area contributed by atoms with Crippen LogP contribution in [0.4, 0.5) is 0 Å². The third-order valence-electron chi connectivity index (χ3n) is 6.23. The van der Waals surface area contributed by atoms with E-state index in [0.29, 0.717) is 45.1 Å². The number of esters is 1. The molecule has 0 spiro atoms. The number of fused-ring (bicyclic) bond motifs is 1. The van der Waals surface area contributed by atoms with Crippen LogP contribution in [0.3, 0.4) is 0 Å². The number of aromatic nitrogens is 1. The Balaban J connectivity index is 1.88. The number of ether oxygens (including phenoxy) is 3. The first-order chi connectivity index (χ1) is 17.9. The van der Waals surface area contributed by atoms with Crippen LogP contribution in [0, 0.1) is 0 Å². The summed E-state index contributed by atoms with van der Waals surface area (Å²) < 4.78 is 19.1. The molecule has 8 heteroatoms. The Hall–Kier alpha value is -3.65. The number of carbonyl (C=O) groups excluding carboxylic acids is 1. The average Bonchev–Trinajstić information content (AvgIpc) is 3.23. The second-order valence-electron chi connectivity index (χ2n) is 8.67. The largest absolute Gasteiger partial charge is 0.490 e. The fourth-order valence-electron chi connectivity index (χ4n) is 4.25. The van der Waals surface area contributed by atoms with Gasteiger partial charge >= 0.3 is 5.97 Å². The van der Waals surface area contributed by atoms with Gasteiger partial charge in [0.15, 0.2) is 16.3 Å². The number of nitrogens with zero attached hydrogens (tertiary/aromatic N) is 2. The van der Waals surface area contributed by atoms with Gasteiger partial charge in [0.25, 0.3) is 5.56 Å². The van der Waals surface area contributed by atoms with Gasteiger partial charge in [-0.2, -0.15) is 0 Å². The molecule has 0 fully saturated rings. The molecular formula is C29H32N2O5S. The van der Waals surface area contributed by atoms with Gasteiger partial charge in [0, 0.05) is 0 Å². The summed E-state index contributed by atoms with van der Waals surface area (Å²) in [4.78, 5) is 31.9. The lowest BCUT2D eigenvalue weighted by Gasteiger charge is -2.25. The Morgan fingerprint density at radius 2 is 1.89 bits per heavy atom. The number of benzene rings is 2. The second-order valence-corrected chi connectivity index (χ2v) is 9.68. The highest BCUT2D eigenvalue weighted by molar-refractivity contribution is 7.07. The van der Waals surface area contributed by atoms with Gasteiger partial charge in [-0.15, -0.1) is 0 Å². The molecule has 194 valence electrons. The van der Waals surface area contributed by atoms with Crippen LogP contribution in [0.1, 0.15) is 57.7 Å². The summed E-state index contributed by atoms with van der Waals surface area (Å²) in [6, 6.07) is 14.6. The van der Waals surface area contributed by atoms with Crippen LogP contribution in [-0.2, 0) is 9.53 Å². The van der Waals surface area contributed by atoms with Crippen LogP contribution in [0.25, 0.3) is 6.08 Å². The minimum atomic E-state index is -0.618. The molecule has 0 saturated heterocycles. The number of rotatable bonds is 9. The quantitative estimate of drug-likeness (QED) is 0.392. The Labute approximate surface area is 220 Å². The van der Waals surface area contributed by atoms with E-state index in [0.717, 1.165) is 17.5 Å². The van der Waals surface area contributed by atoms with Gasteiger partial charge in [-0.1, -0.05) is 61.6 Å². The molecule has 2 atom stereocenters. The number of hydrogen-bond donors (Lipinski definition) is 0. The van der Waals surface area contributed by atoms with Gasteiger partial charge in [-0.05, 0) is 56.0 Å². The minimum Gasteiger partial charge on any atom is -0.490 e. The lowest BCUT2D eigenvalue weighted by molar-refractivity contribution is -0.136. The highest BCUT2D eigenvalue weighted by Crippen LogP contribution is 2.32. The molecule has 1 aliphatic rings. The van der Waals surface area contributed by atoms with Gasteiger partial charge in [0.1, 0.15) is 0 Å². The third kappa shape index (κ3) is 5.39. The standard InChI is InChI=1S/C29H32N2O5S/c1-6-18(4)36-22-15-14-19(16-23(22)35-8-3)17-24-27(32)31-26(20-12-10-9-11-13-20)25(28(33)34-5)21(7-2)30-29(31)37-24/h9-18,26H,6-8H2,1-5H3/b24-17-/t18-,26+/m0/s1.